The summed E-state index contributed by atoms with van der Waals surface area (Å²) in [4.78, 5) is 31.0. The summed E-state index contributed by atoms with van der Waals surface area (Å²) in [5.74, 6) is 0.125. The van der Waals surface area contributed by atoms with Gasteiger partial charge in [0.2, 0.25) is 5.95 Å². The molecule has 1 aromatic carbocycles. The molecule has 1 atom stereocenters. The van der Waals surface area contributed by atoms with Crippen molar-refractivity contribution in [3.63, 3.8) is 0 Å². The Hall–Kier alpha value is -3.27. The van der Waals surface area contributed by atoms with Crippen molar-refractivity contribution in [3.8, 4) is 0 Å². The highest BCUT2D eigenvalue weighted by Crippen LogP contribution is 2.29. The van der Waals surface area contributed by atoms with Gasteiger partial charge in [0, 0.05) is 13.7 Å². The molecular weight excluding hydrogens is 403 g/mol. The molecule has 0 amide bonds. The molecule has 164 valence electrons. The number of imidazole rings is 1. The van der Waals surface area contributed by atoms with E-state index in [9.17, 15) is 14.0 Å². The molecule has 0 N–H and O–H groups in total. The Bertz CT molecular complexity index is 1270. The summed E-state index contributed by atoms with van der Waals surface area (Å²) in [5, 5.41) is 6.31. The maximum atomic E-state index is 13.5. The third-order valence-electron chi connectivity index (χ3n) is 5.56. The van der Waals surface area contributed by atoms with E-state index in [0.29, 0.717) is 42.4 Å². The Kier molecular flexibility index (Phi) is 5.48. The molecule has 10 heteroatoms. The molecule has 1 unspecified atom stereocenters. The smallest absolute Gasteiger partial charge is 0.332 e. The van der Waals surface area contributed by atoms with Crippen molar-refractivity contribution in [1.82, 2.24) is 18.7 Å². The van der Waals surface area contributed by atoms with E-state index in [0.717, 1.165) is 10.3 Å². The lowest BCUT2D eigenvalue weighted by molar-refractivity contribution is 0.153. The van der Waals surface area contributed by atoms with Crippen LogP contribution in [0.1, 0.15) is 32.4 Å². The number of hydrogen-bond acceptors (Lipinski definition) is 6. The van der Waals surface area contributed by atoms with E-state index >= 15 is 0 Å². The second-order valence-corrected chi connectivity index (χ2v) is 7.55. The van der Waals surface area contributed by atoms with Gasteiger partial charge in [0.1, 0.15) is 5.82 Å². The maximum Gasteiger partial charge on any atom is 0.332 e. The van der Waals surface area contributed by atoms with E-state index < -0.39 is 11.2 Å². The molecular formula is C21H25FN6O3. The average molecular weight is 428 g/mol. The van der Waals surface area contributed by atoms with Crippen LogP contribution in [0.2, 0.25) is 0 Å². The molecule has 31 heavy (non-hydrogen) atoms. The normalized spacial score (nSPS) is 16.0. The summed E-state index contributed by atoms with van der Waals surface area (Å²) in [6.07, 6.45) is 0. The number of rotatable bonds is 6. The molecule has 3 aromatic rings. The minimum absolute atomic E-state index is 0.0394. The van der Waals surface area contributed by atoms with Crippen molar-refractivity contribution >= 4 is 22.8 Å². The molecule has 3 heterocycles. The molecule has 1 aliphatic rings. The predicted octanol–water partition coefficient (Wildman–Crippen LogP) is 1.88. The zero-order valence-electron chi connectivity index (χ0n) is 18.0. The van der Waals surface area contributed by atoms with Crippen molar-refractivity contribution in [2.75, 3.05) is 24.8 Å². The SMILES string of the molecule is CCOCCN1N=C(C)C(C)n2c1nc1c2c(=O)n(Cc2ccc(F)cc2)c(=O)n1C. The lowest BCUT2D eigenvalue weighted by atomic mass is 10.2. The topological polar surface area (TPSA) is 86.7 Å². The van der Waals surface area contributed by atoms with Crippen molar-refractivity contribution in [1.29, 1.82) is 0 Å². The maximum absolute atomic E-state index is 13.5. The summed E-state index contributed by atoms with van der Waals surface area (Å²) < 4.78 is 23.1. The number of aromatic nitrogens is 4. The number of nitrogens with zero attached hydrogens (tertiary/aromatic N) is 6. The quantitative estimate of drug-likeness (QED) is 0.560. The minimum atomic E-state index is -0.483. The standard InChI is InChI=1S/C21H25FN6O3/c1-5-31-11-10-27-20-23-18-17(28(20)14(3)13(2)24-27)19(29)26(21(30)25(18)4)12-15-6-8-16(22)9-7-15/h6-9,14H,5,10-12H2,1-4H3. The van der Waals surface area contributed by atoms with Gasteiger partial charge in [0.05, 0.1) is 31.4 Å². The van der Waals surface area contributed by atoms with Crippen molar-refractivity contribution in [2.45, 2.75) is 33.4 Å². The fraction of sp³-hybridized carbons (Fsp3) is 0.429. The molecule has 4 rings (SSSR count). The van der Waals surface area contributed by atoms with Gasteiger partial charge in [0.15, 0.2) is 11.2 Å². The zero-order chi connectivity index (χ0) is 22.3. The van der Waals surface area contributed by atoms with Gasteiger partial charge < -0.3 is 4.74 Å². The number of fused-ring (bicyclic) bond motifs is 3. The van der Waals surface area contributed by atoms with E-state index in [-0.39, 0.29) is 18.4 Å². The third kappa shape index (κ3) is 3.56. The lowest BCUT2D eigenvalue weighted by Crippen LogP contribution is -2.40. The second kappa shape index (κ2) is 8.10. The number of hydrazone groups is 1. The number of halogens is 1. The molecule has 0 spiro atoms. The summed E-state index contributed by atoms with van der Waals surface area (Å²) >= 11 is 0. The summed E-state index contributed by atoms with van der Waals surface area (Å²) in [7, 11) is 1.59. The van der Waals surface area contributed by atoms with Crippen LogP contribution in [0, 0.1) is 5.82 Å². The predicted molar refractivity (Wildman–Crippen MR) is 116 cm³/mol. The Balaban J connectivity index is 1.89. The number of aryl methyl sites for hydroxylation is 1. The first kappa shape index (κ1) is 21.0. The number of hydrogen-bond donors (Lipinski definition) is 0. The molecule has 2 aromatic heterocycles. The molecule has 0 saturated carbocycles. The van der Waals surface area contributed by atoms with E-state index in [4.69, 9.17) is 4.74 Å². The molecule has 0 aliphatic carbocycles. The van der Waals surface area contributed by atoms with Gasteiger partial charge in [-0.2, -0.15) is 10.1 Å². The molecule has 0 radical (unpaired) electrons. The largest absolute Gasteiger partial charge is 0.380 e. The fourth-order valence-corrected chi connectivity index (χ4v) is 3.74. The first-order valence-electron chi connectivity index (χ1n) is 10.2. The highest BCUT2D eigenvalue weighted by atomic mass is 19.1. The van der Waals surface area contributed by atoms with Crippen LogP contribution in [0.3, 0.4) is 0 Å². The summed E-state index contributed by atoms with van der Waals surface area (Å²) in [5.41, 5.74) is 1.20. The minimum Gasteiger partial charge on any atom is -0.380 e. The van der Waals surface area contributed by atoms with Gasteiger partial charge in [-0.05, 0) is 38.5 Å². The number of ether oxygens (including phenoxy) is 1. The Morgan fingerprint density at radius 3 is 2.58 bits per heavy atom. The van der Waals surface area contributed by atoms with Crippen LogP contribution in [0.25, 0.3) is 11.2 Å². The van der Waals surface area contributed by atoms with Crippen LogP contribution >= 0.6 is 0 Å². The Morgan fingerprint density at radius 2 is 1.90 bits per heavy atom. The van der Waals surface area contributed by atoms with E-state index in [1.165, 1.54) is 16.7 Å². The van der Waals surface area contributed by atoms with E-state index in [2.05, 4.69) is 10.1 Å². The monoisotopic (exact) mass is 428 g/mol. The second-order valence-electron chi connectivity index (χ2n) is 7.55. The average Bonchev–Trinajstić information content (AvgIpc) is 3.16. The number of benzene rings is 1. The van der Waals surface area contributed by atoms with Gasteiger partial charge in [-0.25, -0.2) is 14.2 Å². The van der Waals surface area contributed by atoms with Gasteiger partial charge in [-0.3, -0.25) is 18.5 Å². The van der Waals surface area contributed by atoms with Crippen LogP contribution in [-0.2, 0) is 18.3 Å². The van der Waals surface area contributed by atoms with Crippen molar-refractivity contribution in [3.05, 3.63) is 56.5 Å². The number of anilines is 1. The molecule has 0 bridgehead atoms. The van der Waals surface area contributed by atoms with E-state index in [1.54, 1.807) is 24.2 Å². The van der Waals surface area contributed by atoms with Crippen LogP contribution in [-0.4, -0.2) is 44.2 Å². The van der Waals surface area contributed by atoms with Crippen LogP contribution in [0.5, 0.6) is 0 Å². The molecule has 1 aliphatic heterocycles. The van der Waals surface area contributed by atoms with Gasteiger partial charge in [-0.1, -0.05) is 12.1 Å². The van der Waals surface area contributed by atoms with Crippen LogP contribution < -0.4 is 16.3 Å². The highest BCUT2D eigenvalue weighted by Gasteiger charge is 2.30. The van der Waals surface area contributed by atoms with Gasteiger partial charge in [0.25, 0.3) is 5.56 Å². The Labute approximate surface area is 178 Å². The third-order valence-corrected chi connectivity index (χ3v) is 5.56. The van der Waals surface area contributed by atoms with Crippen molar-refractivity contribution < 1.29 is 9.13 Å². The Morgan fingerprint density at radius 1 is 1.19 bits per heavy atom. The van der Waals surface area contributed by atoms with Crippen LogP contribution in [0.15, 0.2) is 39.0 Å². The highest BCUT2D eigenvalue weighted by molar-refractivity contribution is 5.91. The van der Waals surface area contributed by atoms with E-state index in [1.807, 2.05) is 25.3 Å². The first-order valence-corrected chi connectivity index (χ1v) is 10.2. The fourth-order valence-electron chi connectivity index (χ4n) is 3.74. The van der Waals surface area contributed by atoms with Gasteiger partial charge >= 0.3 is 5.69 Å². The van der Waals surface area contributed by atoms with Crippen LogP contribution in [0.4, 0.5) is 10.3 Å². The molecule has 9 nitrogen and oxygen atoms in total. The lowest BCUT2D eigenvalue weighted by Gasteiger charge is -2.29. The summed E-state index contributed by atoms with van der Waals surface area (Å²) in [6, 6.07) is 5.54. The molecule has 0 saturated heterocycles. The van der Waals surface area contributed by atoms with Gasteiger partial charge in [-0.15, -0.1) is 0 Å². The van der Waals surface area contributed by atoms with Crippen molar-refractivity contribution in [2.24, 2.45) is 12.1 Å². The molecule has 0 fully saturated rings. The zero-order valence-corrected chi connectivity index (χ0v) is 18.0. The first-order chi connectivity index (χ1) is 14.8. The summed E-state index contributed by atoms with van der Waals surface area (Å²) in [6.45, 7) is 7.31.